The van der Waals surface area contributed by atoms with Crippen LogP contribution in [0.3, 0.4) is 0 Å². The summed E-state index contributed by atoms with van der Waals surface area (Å²) < 4.78 is 0. The van der Waals surface area contributed by atoms with Crippen molar-refractivity contribution in [2.45, 2.75) is 13.8 Å². The van der Waals surface area contributed by atoms with Gasteiger partial charge in [-0.15, -0.1) is 0 Å². The molecule has 0 aliphatic heterocycles. The highest BCUT2D eigenvalue weighted by Crippen LogP contribution is 2.25. The molecule has 0 nitrogen and oxygen atoms in total. The van der Waals surface area contributed by atoms with Crippen LogP contribution in [0.5, 0.6) is 0 Å². The van der Waals surface area contributed by atoms with Crippen molar-refractivity contribution in [3.05, 3.63) is 130 Å². The summed E-state index contributed by atoms with van der Waals surface area (Å²) in [5, 5.41) is 0. The first-order chi connectivity index (χ1) is 14.7. The number of rotatable bonds is 1. The quantitative estimate of drug-likeness (QED) is 0.319. The topological polar surface area (TPSA) is 0 Å². The standard InChI is InChI=1S/C30H22/c1-23-20-24(2)22-29(21-23)30-15-9-8-14-28(30)19-18-27-13-7-6-12-26(27)17-16-25-10-4-3-5-11-25/h3-15,20-22H,1-2H3. The van der Waals surface area contributed by atoms with Gasteiger partial charge in [0.1, 0.15) is 0 Å². The van der Waals surface area contributed by atoms with Crippen molar-refractivity contribution in [3.63, 3.8) is 0 Å². The van der Waals surface area contributed by atoms with Gasteiger partial charge in [0.2, 0.25) is 0 Å². The largest absolute Gasteiger partial charge is 0.0622 e. The molecular formula is C30H22. The van der Waals surface area contributed by atoms with Crippen LogP contribution < -0.4 is 0 Å². The first-order valence-corrected chi connectivity index (χ1v) is 10.0. The number of hydrogen-bond donors (Lipinski definition) is 0. The van der Waals surface area contributed by atoms with E-state index in [0.29, 0.717) is 0 Å². The first kappa shape index (κ1) is 19.3. The molecule has 0 aromatic heterocycles. The minimum atomic E-state index is 0.941. The van der Waals surface area contributed by atoms with E-state index >= 15 is 0 Å². The number of hydrogen-bond acceptors (Lipinski definition) is 0. The molecule has 0 spiro atoms. The fraction of sp³-hybridized carbons (Fsp3) is 0.0667. The van der Waals surface area contributed by atoms with Crippen molar-refractivity contribution in [2.24, 2.45) is 0 Å². The second kappa shape index (κ2) is 9.00. The molecule has 0 heterocycles. The van der Waals surface area contributed by atoms with E-state index in [4.69, 9.17) is 0 Å². The zero-order valence-electron chi connectivity index (χ0n) is 17.2. The van der Waals surface area contributed by atoms with Crippen molar-refractivity contribution in [1.82, 2.24) is 0 Å². The minimum absolute atomic E-state index is 0.941. The Morgan fingerprint density at radius 1 is 0.467 bits per heavy atom. The molecule has 0 heteroatoms. The Hall–Kier alpha value is -4.00. The highest BCUT2D eigenvalue weighted by molar-refractivity contribution is 5.72. The molecule has 0 unspecified atom stereocenters. The molecule has 0 aliphatic rings. The lowest BCUT2D eigenvalue weighted by Gasteiger charge is -2.07. The van der Waals surface area contributed by atoms with Crippen LogP contribution in [0.2, 0.25) is 0 Å². The van der Waals surface area contributed by atoms with Gasteiger partial charge in [-0.25, -0.2) is 0 Å². The van der Waals surface area contributed by atoms with E-state index in [-0.39, 0.29) is 0 Å². The second-order valence-electron chi connectivity index (χ2n) is 7.33. The van der Waals surface area contributed by atoms with Crippen molar-refractivity contribution in [2.75, 3.05) is 0 Å². The zero-order valence-corrected chi connectivity index (χ0v) is 17.2. The Kier molecular flexibility index (Phi) is 5.80. The van der Waals surface area contributed by atoms with Gasteiger partial charge in [0.05, 0.1) is 0 Å². The number of benzene rings is 4. The van der Waals surface area contributed by atoms with Crippen molar-refractivity contribution < 1.29 is 0 Å². The predicted octanol–water partition coefficient (Wildman–Crippen LogP) is 6.77. The molecule has 4 aromatic rings. The molecule has 0 bridgehead atoms. The molecule has 0 atom stereocenters. The lowest BCUT2D eigenvalue weighted by molar-refractivity contribution is 1.38. The van der Waals surface area contributed by atoms with Crippen LogP contribution in [0.4, 0.5) is 0 Å². The molecule has 0 saturated carbocycles. The monoisotopic (exact) mass is 382 g/mol. The smallest absolute Gasteiger partial charge is 0.0405 e. The molecule has 0 N–H and O–H groups in total. The van der Waals surface area contributed by atoms with Crippen LogP contribution in [0.25, 0.3) is 11.1 Å². The zero-order chi connectivity index (χ0) is 20.8. The van der Waals surface area contributed by atoms with Crippen LogP contribution >= 0.6 is 0 Å². The van der Waals surface area contributed by atoms with Crippen LogP contribution in [0.15, 0.2) is 97.1 Å². The van der Waals surface area contributed by atoms with Crippen LogP contribution in [0.1, 0.15) is 33.4 Å². The number of aryl methyl sites for hydroxylation is 2. The normalized spacial score (nSPS) is 9.80. The maximum atomic E-state index is 3.39. The summed E-state index contributed by atoms with van der Waals surface area (Å²) in [6, 6.07) is 33.0. The minimum Gasteiger partial charge on any atom is -0.0622 e. The van der Waals surface area contributed by atoms with Gasteiger partial charge >= 0.3 is 0 Å². The Labute approximate surface area is 179 Å². The molecule has 4 aromatic carbocycles. The summed E-state index contributed by atoms with van der Waals surface area (Å²) in [4.78, 5) is 0. The van der Waals surface area contributed by atoms with Gasteiger partial charge < -0.3 is 0 Å². The third kappa shape index (κ3) is 4.70. The molecule has 0 saturated heterocycles. The highest BCUT2D eigenvalue weighted by Gasteiger charge is 2.04. The van der Waals surface area contributed by atoms with Gasteiger partial charge in [0.25, 0.3) is 0 Å². The predicted molar refractivity (Wildman–Crippen MR) is 126 cm³/mol. The van der Waals surface area contributed by atoms with E-state index in [1.54, 1.807) is 0 Å². The Balaban J connectivity index is 1.72. The lowest BCUT2D eigenvalue weighted by Crippen LogP contribution is -1.88. The van der Waals surface area contributed by atoms with Crippen molar-refractivity contribution >= 4 is 0 Å². The van der Waals surface area contributed by atoms with Crippen LogP contribution in [-0.4, -0.2) is 0 Å². The summed E-state index contributed by atoms with van der Waals surface area (Å²) in [5.74, 6) is 13.2. The van der Waals surface area contributed by atoms with E-state index in [0.717, 1.165) is 27.8 Å². The molecule has 0 aliphatic carbocycles. The van der Waals surface area contributed by atoms with E-state index in [9.17, 15) is 0 Å². The molecule has 30 heavy (non-hydrogen) atoms. The summed E-state index contributed by atoms with van der Waals surface area (Å²) in [7, 11) is 0. The maximum absolute atomic E-state index is 3.39. The first-order valence-electron chi connectivity index (χ1n) is 10.0. The van der Waals surface area contributed by atoms with Crippen LogP contribution in [-0.2, 0) is 0 Å². The van der Waals surface area contributed by atoms with Gasteiger partial charge in [-0.3, -0.25) is 0 Å². The van der Waals surface area contributed by atoms with Crippen molar-refractivity contribution in [1.29, 1.82) is 0 Å². The summed E-state index contributed by atoms with van der Waals surface area (Å²) in [6.45, 7) is 4.26. The van der Waals surface area contributed by atoms with Gasteiger partial charge in [0.15, 0.2) is 0 Å². The van der Waals surface area contributed by atoms with Gasteiger partial charge in [-0.05, 0) is 55.3 Å². The third-order valence-electron chi connectivity index (χ3n) is 4.83. The molecule has 4 rings (SSSR count). The van der Waals surface area contributed by atoms with Crippen LogP contribution in [0, 0.1) is 37.5 Å². The summed E-state index contributed by atoms with van der Waals surface area (Å²) in [5.41, 5.74) is 8.78. The Morgan fingerprint density at radius 2 is 0.967 bits per heavy atom. The molecular weight excluding hydrogens is 360 g/mol. The SMILES string of the molecule is Cc1cc(C)cc(-c2ccccc2C#Cc2ccccc2C#Cc2ccccc2)c1. The fourth-order valence-electron chi connectivity index (χ4n) is 3.47. The van der Waals surface area contributed by atoms with Gasteiger partial charge in [-0.2, -0.15) is 0 Å². The summed E-state index contributed by atoms with van der Waals surface area (Å²) in [6.07, 6.45) is 0. The van der Waals surface area contributed by atoms with E-state index in [1.807, 2.05) is 60.7 Å². The Bertz CT molecular complexity index is 1280. The average Bonchev–Trinajstić information content (AvgIpc) is 2.77. The lowest BCUT2D eigenvalue weighted by atomic mass is 9.96. The second-order valence-corrected chi connectivity index (χ2v) is 7.33. The molecule has 0 amide bonds. The summed E-state index contributed by atoms with van der Waals surface area (Å²) >= 11 is 0. The molecule has 0 fully saturated rings. The molecule has 142 valence electrons. The van der Waals surface area contributed by atoms with Gasteiger partial charge in [-0.1, -0.05) is 102 Å². The average molecular weight is 383 g/mol. The maximum Gasteiger partial charge on any atom is 0.0405 e. The van der Waals surface area contributed by atoms with E-state index in [2.05, 4.69) is 73.9 Å². The third-order valence-corrected chi connectivity index (χ3v) is 4.83. The Morgan fingerprint density at radius 3 is 1.63 bits per heavy atom. The highest BCUT2D eigenvalue weighted by atomic mass is 14.1. The fourth-order valence-corrected chi connectivity index (χ4v) is 3.47. The van der Waals surface area contributed by atoms with Crippen molar-refractivity contribution in [3.8, 4) is 34.8 Å². The molecule has 0 radical (unpaired) electrons. The van der Waals surface area contributed by atoms with Gasteiger partial charge in [0, 0.05) is 22.3 Å². The van der Waals surface area contributed by atoms with E-state index in [1.165, 1.54) is 16.7 Å². The van der Waals surface area contributed by atoms with E-state index < -0.39 is 0 Å².